The third-order valence-corrected chi connectivity index (χ3v) is 10.7. The Morgan fingerprint density at radius 3 is 1.17 bits per heavy atom. The molecule has 9 nitrogen and oxygen atoms in total. The highest BCUT2D eigenvalue weighted by Crippen LogP contribution is 2.47. The summed E-state index contributed by atoms with van der Waals surface area (Å²) in [6.07, 6.45) is -13.2. The first-order chi connectivity index (χ1) is 21.3. The standard InChI is InChI=1S/C25H10F6I6O9S/c26-24(27,28)23(25(29,30)31,8-47(41,42)43)46-22(40)11-2-9(20(38)44-18-14(34)4-12(32)5-15(18)35)1-10(3-11)21(39)45-19-16(36)6-13(33)7-17(19)37/h1-7H,8H2,(H,41,42,43). The Kier molecular flexibility index (Phi) is 13.8. The smallest absolute Gasteiger partial charge is 0.435 e. The molecule has 0 aromatic heterocycles. The molecule has 22 heteroatoms. The minimum absolute atomic E-state index is 0.0121. The van der Waals surface area contributed by atoms with Gasteiger partial charge in [0, 0.05) is 7.14 Å². The maximum absolute atomic E-state index is 13.9. The highest BCUT2D eigenvalue weighted by Gasteiger charge is 2.76. The van der Waals surface area contributed by atoms with Crippen molar-refractivity contribution in [1.29, 1.82) is 0 Å². The zero-order valence-electron chi connectivity index (χ0n) is 21.9. The molecular weight excluding hydrogens is 1350 g/mol. The number of esters is 3. The second-order valence-electron chi connectivity index (χ2n) is 8.91. The van der Waals surface area contributed by atoms with E-state index >= 15 is 0 Å². The lowest BCUT2D eigenvalue weighted by molar-refractivity contribution is -0.356. The summed E-state index contributed by atoms with van der Waals surface area (Å²) in [7, 11) is -6.08. The lowest BCUT2D eigenvalue weighted by Crippen LogP contribution is -2.63. The normalized spacial score (nSPS) is 12.4. The maximum atomic E-state index is 13.9. The molecule has 0 atom stereocenters. The summed E-state index contributed by atoms with van der Waals surface area (Å²) in [6.45, 7) is 0. The van der Waals surface area contributed by atoms with Gasteiger partial charge in [-0.1, -0.05) is 0 Å². The van der Waals surface area contributed by atoms with Gasteiger partial charge in [0.1, 0.15) is 5.75 Å². The molecule has 0 amide bonds. The maximum Gasteiger partial charge on any atom is 0.438 e. The fraction of sp³-hybridized carbons (Fsp3) is 0.160. The molecule has 0 aliphatic heterocycles. The van der Waals surface area contributed by atoms with E-state index in [9.17, 15) is 49.1 Å². The zero-order valence-corrected chi connectivity index (χ0v) is 35.7. The molecule has 1 N–H and O–H groups in total. The van der Waals surface area contributed by atoms with Crippen molar-refractivity contribution in [1.82, 2.24) is 0 Å². The zero-order chi connectivity index (χ0) is 35.9. The molecule has 47 heavy (non-hydrogen) atoms. The van der Waals surface area contributed by atoms with Crippen LogP contribution in [0.5, 0.6) is 11.5 Å². The summed E-state index contributed by atoms with van der Waals surface area (Å²) in [5.41, 5.74) is -8.38. The molecule has 0 aliphatic carbocycles. The Labute approximate surface area is 342 Å². The number of ether oxygens (including phenoxy) is 3. The average Bonchev–Trinajstić information content (AvgIpc) is 2.89. The van der Waals surface area contributed by atoms with E-state index < -0.39 is 68.4 Å². The number of carbonyl (C=O) groups is 3. The molecule has 254 valence electrons. The van der Waals surface area contributed by atoms with Crippen molar-refractivity contribution in [3.8, 4) is 11.5 Å². The van der Waals surface area contributed by atoms with Crippen LogP contribution in [0, 0.1) is 21.4 Å². The Hall–Kier alpha value is -0.0600. The second-order valence-corrected chi connectivity index (χ2v) is 17.5. The minimum atomic E-state index is -6.62. The average molecular weight is 1360 g/mol. The number of hydrogen-bond donors (Lipinski definition) is 1. The molecule has 0 saturated heterocycles. The van der Waals surface area contributed by atoms with Gasteiger partial charge in [0.25, 0.3) is 10.1 Å². The van der Waals surface area contributed by atoms with Gasteiger partial charge < -0.3 is 14.2 Å². The van der Waals surface area contributed by atoms with Gasteiger partial charge in [-0.2, -0.15) is 34.8 Å². The molecule has 0 saturated carbocycles. The van der Waals surface area contributed by atoms with E-state index in [1.54, 1.807) is 24.3 Å². The number of halogens is 12. The van der Waals surface area contributed by atoms with Gasteiger partial charge in [-0.15, -0.1) is 0 Å². The highest BCUT2D eigenvalue weighted by molar-refractivity contribution is 14.1. The van der Waals surface area contributed by atoms with Crippen LogP contribution < -0.4 is 9.47 Å². The Bertz CT molecular complexity index is 1730. The third-order valence-electron chi connectivity index (χ3n) is 5.52. The van der Waals surface area contributed by atoms with Gasteiger partial charge in [-0.25, -0.2) is 14.4 Å². The van der Waals surface area contributed by atoms with Crippen LogP contribution >= 0.6 is 136 Å². The number of alkyl halides is 6. The molecule has 0 radical (unpaired) electrons. The first-order valence-corrected chi connectivity index (χ1v) is 19.6. The summed E-state index contributed by atoms with van der Waals surface area (Å²) in [4.78, 5) is 39.5. The van der Waals surface area contributed by atoms with Crippen molar-refractivity contribution in [3.63, 3.8) is 0 Å². The van der Waals surface area contributed by atoms with E-state index in [2.05, 4.69) is 4.74 Å². The molecule has 0 heterocycles. The lowest BCUT2D eigenvalue weighted by Gasteiger charge is -2.35. The summed E-state index contributed by atoms with van der Waals surface area (Å²) in [6, 6.07) is 8.27. The second kappa shape index (κ2) is 15.7. The molecule has 0 fully saturated rings. The first kappa shape index (κ1) is 41.4. The van der Waals surface area contributed by atoms with Crippen molar-refractivity contribution in [2.75, 3.05) is 5.75 Å². The topological polar surface area (TPSA) is 133 Å². The van der Waals surface area contributed by atoms with Crippen molar-refractivity contribution < 1.29 is 67.9 Å². The van der Waals surface area contributed by atoms with Gasteiger partial charge in [-0.05, 0) is 178 Å². The fourth-order valence-corrected chi connectivity index (χ4v) is 12.0. The molecular formula is C25H10F6I6O9S. The number of benzene rings is 3. The van der Waals surface area contributed by atoms with Gasteiger partial charge >= 0.3 is 35.9 Å². The molecule has 3 rings (SSSR count). The minimum Gasteiger partial charge on any atom is -0.435 e. The van der Waals surface area contributed by atoms with Gasteiger partial charge in [-0.3, -0.25) is 4.55 Å². The molecule has 0 unspecified atom stereocenters. The van der Waals surface area contributed by atoms with Crippen LogP contribution in [0.2, 0.25) is 0 Å². The van der Waals surface area contributed by atoms with Crippen molar-refractivity contribution in [2.45, 2.75) is 18.0 Å². The van der Waals surface area contributed by atoms with Crippen LogP contribution in [0.3, 0.4) is 0 Å². The molecule has 0 bridgehead atoms. The molecule has 0 aliphatic rings. The number of hydrogen-bond acceptors (Lipinski definition) is 8. The fourth-order valence-electron chi connectivity index (χ4n) is 3.48. The summed E-state index contributed by atoms with van der Waals surface area (Å²) >= 11 is 11.3. The quantitative estimate of drug-likeness (QED) is 0.0774. The van der Waals surface area contributed by atoms with Crippen LogP contribution in [0.25, 0.3) is 0 Å². The third kappa shape index (κ3) is 10.3. The Morgan fingerprint density at radius 1 is 0.596 bits per heavy atom. The predicted octanol–water partition coefficient (Wildman–Crippen LogP) is 8.66. The van der Waals surface area contributed by atoms with E-state index in [4.69, 9.17) is 14.0 Å². The van der Waals surface area contributed by atoms with Crippen LogP contribution in [0.1, 0.15) is 31.1 Å². The molecule has 0 spiro atoms. The van der Waals surface area contributed by atoms with E-state index in [0.29, 0.717) is 26.4 Å². The van der Waals surface area contributed by atoms with Crippen molar-refractivity contribution in [2.24, 2.45) is 0 Å². The Morgan fingerprint density at radius 2 is 0.894 bits per heavy atom. The van der Waals surface area contributed by atoms with Gasteiger partial charge in [0.2, 0.25) is 0 Å². The van der Waals surface area contributed by atoms with E-state index in [1.165, 1.54) is 0 Å². The summed E-state index contributed by atoms with van der Waals surface area (Å²) in [5.74, 6) is -8.15. The molecule has 3 aromatic rings. The highest BCUT2D eigenvalue weighted by atomic mass is 127. The van der Waals surface area contributed by atoms with E-state index in [-0.39, 0.29) is 11.5 Å². The van der Waals surface area contributed by atoms with Crippen molar-refractivity contribution in [3.05, 3.63) is 80.6 Å². The molecule has 3 aromatic carbocycles. The van der Waals surface area contributed by atoms with Crippen LogP contribution in [0.4, 0.5) is 26.3 Å². The monoisotopic (exact) mass is 1360 g/mol. The largest absolute Gasteiger partial charge is 0.438 e. The van der Waals surface area contributed by atoms with E-state index in [1.807, 2.05) is 136 Å². The summed E-state index contributed by atoms with van der Waals surface area (Å²) < 4.78 is 132. The van der Waals surface area contributed by atoms with Crippen molar-refractivity contribution >= 4 is 164 Å². The predicted molar refractivity (Wildman–Crippen MR) is 202 cm³/mol. The van der Waals surface area contributed by atoms with Gasteiger partial charge in [0.15, 0.2) is 11.5 Å². The van der Waals surface area contributed by atoms with E-state index in [0.717, 1.165) is 13.2 Å². The lowest BCUT2D eigenvalue weighted by atomic mass is 10.0. The van der Waals surface area contributed by atoms with Crippen LogP contribution in [-0.2, 0) is 14.9 Å². The van der Waals surface area contributed by atoms with Crippen LogP contribution in [0.15, 0.2) is 42.5 Å². The number of rotatable bonds is 8. The number of carbonyl (C=O) groups excluding carboxylic acids is 3. The summed E-state index contributed by atoms with van der Waals surface area (Å²) in [5, 5.41) is 0. The SMILES string of the molecule is O=C(Oc1c(I)cc(I)cc1I)c1cc(C(=O)Oc2c(I)cc(I)cc2I)cc(C(=O)OC(CS(=O)(=O)O)(C(F)(F)F)C(F)(F)F)c1. The van der Waals surface area contributed by atoms with Crippen LogP contribution in [-0.4, -0.2) is 54.6 Å². The first-order valence-electron chi connectivity index (χ1n) is 11.6. The Balaban J connectivity index is 2.19. The van der Waals surface area contributed by atoms with Gasteiger partial charge in [0.05, 0.1) is 31.0 Å².